The van der Waals surface area contributed by atoms with Crippen molar-refractivity contribution in [2.24, 2.45) is 0 Å². The van der Waals surface area contributed by atoms with Crippen LogP contribution in [0, 0.1) is 19.7 Å². The summed E-state index contributed by atoms with van der Waals surface area (Å²) in [4.78, 5) is 31.5. The van der Waals surface area contributed by atoms with Crippen LogP contribution in [0.1, 0.15) is 32.1 Å². The molecule has 0 bridgehead atoms. The number of piperazine rings is 1. The molecule has 1 aromatic heterocycles. The molecule has 5 nitrogen and oxygen atoms in total. The van der Waals surface area contributed by atoms with E-state index < -0.39 is 11.7 Å². The third-order valence-corrected chi connectivity index (χ3v) is 4.73. The van der Waals surface area contributed by atoms with Gasteiger partial charge in [-0.3, -0.25) is 9.59 Å². The molecule has 1 aliphatic rings. The van der Waals surface area contributed by atoms with Crippen molar-refractivity contribution >= 4 is 23.4 Å². The second kappa shape index (κ2) is 6.88. The average Bonchev–Trinajstić information content (AvgIpc) is 2.92. The van der Waals surface area contributed by atoms with Gasteiger partial charge in [-0.05, 0) is 32.0 Å². The topological polar surface area (TPSA) is 56.4 Å². The van der Waals surface area contributed by atoms with E-state index in [1.165, 1.54) is 23.1 Å². The fourth-order valence-corrected chi connectivity index (χ4v) is 3.33. The highest BCUT2D eigenvalue weighted by Gasteiger charge is 2.28. The molecule has 25 heavy (non-hydrogen) atoms. The molecule has 2 aromatic rings. The monoisotopic (exact) mass is 363 g/mol. The number of benzene rings is 1. The van der Waals surface area contributed by atoms with E-state index in [1.807, 2.05) is 19.9 Å². The number of nitrogens with zero attached hydrogens (tertiary/aromatic N) is 2. The standard InChI is InChI=1S/C18H19ClFN3O2/c1-11-10-13(12(2)21-11)17(24)22-6-8-23(9-7-22)18(25)16-14(19)4-3-5-15(16)20/h3-5,10,21H,6-9H2,1-2H3. The highest BCUT2D eigenvalue weighted by Crippen LogP contribution is 2.22. The van der Waals surface area contributed by atoms with Crippen LogP contribution < -0.4 is 0 Å². The van der Waals surface area contributed by atoms with E-state index in [1.54, 1.807) is 4.90 Å². The van der Waals surface area contributed by atoms with Gasteiger partial charge in [0.15, 0.2) is 0 Å². The van der Waals surface area contributed by atoms with E-state index in [-0.39, 0.29) is 16.5 Å². The van der Waals surface area contributed by atoms with Gasteiger partial charge in [-0.25, -0.2) is 4.39 Å². The summed E-state index contributed by atoms with van der Waals surface area (Å²) >= 11 is 5.97. The molecule has 1 N–H and O–H groups in total. The molecule has 1 saturated heterocycles. The Morgan fingerprint density at radius 1 is 1.08 bits per heavy atom. The quantitative estimate of drug-likeness (QED) is 0.891. The van der Waals surface area contributed by atoms with Gasteiger partial charge in [0.1, 0.15) is 5.82 Å². The fourth-order valence-electron chi connectivity index (χ4n) is 3.09. The zero-order chi connectivity index (χ0) is 18.1. The Kier molecular flexibility index (Phi) is 4.81. The predicted molar refractivity (Wildman–Crippen MR) is 93.5 cm³/mol. The molecule has 3 rings (SSSR count). The lowest BCUT2D eigenvalue weighted by Crippen LogP contribution is -2.50. The second-order valence-corrected chi connectivity index (χ2v) is 6.58. The first-order valence-corrected chi connectivity index (χ1v) is 8.45. The molecule has 1 aromatic carbocycles. The molecule has 0 unspecified atom stereocenters. The summed E-state index contributed by atoms with van der Waals surface area (Å²) in [6, 6.07) is 6.01. The Morgan fingerprint density at radius 2 is 1.68 bits per heavy atom. The van der Waals surface area contributed by atoms with E-state index >= 15 is 0 Å². The Balaban J connectivity index is 1.69. The smallest absolute Gasteiger partial charge is 0.258 e. The van der Waals surface area contributed by atoms with Crippen LogP contribution in [0.15, 0.2) is 24.3 Å². The van der Waals surface area contributed by atoms with Gasteiger partial charge in [0.25, 0.3) is 11.8 Å². The normalized spacial score (nSPS) is 14.7. The zero-order valence-electron chi connectivity index (χ0n) is 14.1. The lowest BCUT2D eigenvalue weighted by atomic mass is 10.1. The molecule has 132 valence electrons. The van der Waals surface area contributed by atoms with Crippen molar-refractivity contribution in [1.82, 2.24) is 14.8 Å². The summed E-state index contributed by atoms with van der Waals surface area (Å²) in [7, 11) is 0. The molecule has 0 saturated carbocycles. The van der Waals surface area contributed by atoms with Crippen molar-refractivity contribution in [3.05, 3.63) is 57.6 Å². The molecule has 2 heterocycles. The Morgan fingerprint density at radius 3 is 2.20 bits per heavy atom. The van der Waals surface area contributed by atoms with Gasteiger partial charge in [-0.2, -0.15) is 0 Å². The van der Waals surface area contributed by atoms with Gasteiger partial charge in [-0.1, -0.05) is 17.7 Å². The summed E-state index contributed by atoms with van der Waals surface area (Å²) in [5.74, 6) is -1.13. The zero-order valence-corrected chi connectivity index (χ0v) is 14.9. The lowest BCUT2D eigenvalue weighted by molar-refractivity contribution is 0.0532. The van der Waals surface area contributed by atoms with Crippen LogP contribution >= 0.6 is 11.6 Å². The maximum Gasteiger partial charge on any atom is 0.258 e. The predicted octanol–water partition coefficient (Wildman–Crippen LogP) is 3.02. The molecule has 7 heteroatoms. The molecule has 2 amide bonds. The molecule has 1 fully saturated rings. The number of H-pyrrole nitrogens is 1. The molecule has 0 radical (unpaired) electrons. The molecular weight excluding hydrogens is 345 g/mol. The van der Waals surface area contributed by atoms with Crippen LogP contribution in [0.25, 0.3) is 0 Å². The number of aromatic nitrogens is 1. The average molecular weight is 364 g/mol. The summed E-state index contributed by atoms with van der Waals surface area (Å²) in [5.41, 5.74) is 2.30. The molecule has 0 atom stereocenters. The number of hydrogen-bond acceptors (Lipinski definition) is 2. The van der Waals surface area contributed by atoms with Crippen LogP contribution in [0.3, 0.4) is 0 Å². The van der Waals surface area contributed by atoms with E-state index in [2.05, 4.69) is 4.98 Å². The molecule has 0 spiro atoms. The number of nitrogens with one attached hydrogen (secondary N) is 1. The third-order valence-electron chi connectivity index (χ3n) is 4.41. The number of halogens is 2. The highest BCUT2D eigenvalue weighted by molar-refractivity contribution is 6.33. The lowest BCUT2D eigenvalue weighted by Gasteiger charge is -2.35. The summed E-state index contributed by atoms with van der Waals surface area (Å²) in [5, 5.41) is 0.0990. The van der Waals surface area contributed by atoms with Gasteiger partial charge >= 0.3 is 0 Å². The summed E-state index contributed by atoms with van der Waals surface area (Å²) < 4.78 is 13.9. The fraction of sp³-hybridized carbons (Fsp3) is 0.333. The Hall–Kier alpha value is -2.34. The van der Waals surface area contributed by atoms with Gasteiger partial charge in [-0.15, -0.1) is 0 Å². The van der Waals surface area contributed by atoms with Crippen LogP contribution in [0.4, 0.5) is 4.39 Å². The largest absolute Gasteiger partial charge is 0.362 e. The van der Waals surface area contributed by atoms with Crippen molar-refractivity contribution in [2.75, 3.05) is 26.2 Å². The maximum atomic E-state index is 13.9. The Bertz CT molecular complexity index is 805. The molecule has 0 aliphatic carbocycles. The number of aryl methyl sites for hydroxylation is 2. The first-order chi connectivity index (χ1) is 11.9. The number of carbonyl (C=O) groups is 2. The maximum absolute atomic E-state index is 13.9. The van der Waals surface area contributed by atoms with Gasteiger partial charge < -0.3 is 14.8 Å². The highest BCUT2D eigenvalue weighted by atomic mass is 35.5. The number of amides is 2. The molecular formula is C18H19ClFN3O2. The molecule has 1 aliphatic heterocycles. The van der Waals surface area contributed by atoms with Crippen LogP contribution in [-0.4, -0.2) is 52.8 Å². The minimum absolute atomic E-state index is 0.0575. The van der Waals surface area contributed by atoms with Crippen molar-refractivity contribution in [3.8, 4) is 0 Å². The van der Waals surface area contributed by atoms with E-state index in [9.17, 15) is 14.0 Å². The SMILES string of the molecule is Cc1cc(C(=O)N2CCN(C(=O)c3c(F)cccc3Cl)CC2)c(C)[nH]1. The summed E-state index contributed by atoms with van der Waals surface area (Å²) in [6.07, 6.45) is 0. The van der Waals surface area contributed by atoms with Gasteiger partial charge in [0, 0.05) is 37.6 Å². The van der Waals surface area contributed by atoms with Gasteiger partial charge in [0.05, 0.1) is 16.1 Å². The number of rotatable bonds is 2. The second-order valence-electron chi connectivity index (χ2n) is 6.17. The van der Waals surface area contributed by atoms with Crippen molar-refractivity contribution in [1.29, 1.82) is 0 Å². The third kappa shape index (κ3) is 3.39. The van der Waals surface area contributed by atoms with Crippen molar-refractivity contribution in [3.63, 3.8) is 0 Å². The number of hydrogen-bond donors (Lipinski definition) is 1. The van der Waals surface area contributed by atoms with Crippen LogP contribution in [0.2, 0.25) is 5.02 Å². The first-order valence-electron chi connectivity index (χ1n) is 8.07. The first kappa shape index (κ1) is 17.5. The number of carbonyl (C=O) groups excluding carboxylic acids is 2. The van der Waals surface area contributed by atoms with Crippen molar-refractivity contribution in [2.45, 2.75) is 13.8 Å². The minimum atomic E-state index is -0.630. The van der Waals surface area contributed by atoms with Gasteiger partial charge in [0.2, 0.25) is 0 Å². The van der Waals surface area contributed by atoms with Crippen LogP contribution in [-0.2, 0) is 0 Å². The van der Waals surface area contributed by atoms with E-state index in [0.29, 0.717) is 31.7 Å². The summed E-state index contributed by atoms with van der Waals surface area (Å²) in [6.45, 7) is 5.26. The van der Waals surface area contributed by atoms with Crippen LogP contribution in [0.5, 0.6) is 0 Å². The number of aromatic amines is 1. The minimum Gasteiger partial charge on any atom is -0.362 e. The van der Waals surface area contributed by atoms with E-state index in [0.717, 1.165) is 11.4 Å². The Labute approximate surface area is 150 Å². The van der Waals surface area contributed by atoms with E-state index in [4.69, 9.17) is 11.6 Å². The van der Waals surface area contributed by atoms with Crippen molar-refractivity contribution < 1.29 is 14.0 Å².